The van der Waals surface area contributed by atoms with E-state index in [1.807, 2.05) is 6.26 Å². The van der Waals surface area contributed by atoms with Crippen LogP contribution in [0.4, 0.5) is 0 Å². The molecular formula is C19H33N5O6S. The highest BCUT2D eigenvalue weighted by Gasteiger charge is 2.39. The zero-order valence-corrected chi connectivity index (χ0v) is 18.9. The zero-order chi connectivity index (χ0) is 23.7. The molecule has 0 radical (unpaired) electrons. The molecule has 0 aromatic carbocycles. The number of thioether (sulfide) groups is 1. The first-order chi connectivity index (χ1) is 14.5. The van der Waals surface area contributed by atoms with Gasteiger partial charge in [-0.1, -0.05) is 13.8 Å². The van der Waals surface area contributed by atoms with Gasteiger partial charge in [0, 0.05) is 6.54 Å². The van der Waals surface area contributed by atoms with Crippen molar-refractivity contribution in [1.82, 2.24) is 15.5 Å². The average Bonchev–Trinajstić information content (AvgIpc) is 3.18. The first-order valence-corrected chi connectivity index (χ1v) is 11.6. The molecule has 1 heterocycles. The molecule has 31 heavy (non-hydrogen) atoms. The van der Waals surface area contributed by atoms with Crippen LogP contribution in [0.1, 0.15) is 39.5 Å². The van der Waals surface area contributed by atoms with Gasteiger partial charge in [-0.3, -0.25) is 19.2 Å². The van der Waals surface area contributed by atoms with Crippen LogP contribution >= 0.6 is 11.8 Å². The lowest BCUT2D eigenvalue weighted by Crippen LogP contribution is -2.59. The van der Waals surface area contributed by atoms with Crippen molar-refractivity contribution in [2.45, 2.75) is 63.7 Å². The summed E-state index contributed by atoms with van der Waals surface area (Å²) in [5.74, 6) is -3.49. The number of carbonyl (C=O) groups is 5. The SMILES string of the molecule is CSCCC(N)C(=O)NC(C(=O)NC(CC(N)=O)C(=O)N1CCCC1C(=O)O)C(C)C. The minimum Gasteiger partial charge on any atom is -0.480 e. The molecule has 1 saturated heterocycles. The maximum Gasteiger partial charge on any atom is 0.326 e. The fourth-order valence-electron chi connectivity index (χ4n) is 3.32. The number of hydrogen-bond acceptors (Lipinski definition) is 7. The molecule has 1 rings (SSSR count). The van der Waals surface area contributed by atoms with Crippen LogP contribution in [0.3, 0.4) is 0 Å². The van der Waals surface area contributed by atoms with Gasteiger partial charge in [-0.25, -0.2) is 4.79 Å². The first kappa shape index (κ1) is 26.7. The van der Waals surface area contributed by atoms with E-state index < -0.39 is 60.2 Å². The van der Waals surface area contributed by atoms with Crippen LogP contribution in [0, 0.1) is 5.92 Å². The topological polar surface area (TPSA) is 185 Å². The normalized spacial score (nSPS) is 18.9. The number of nitrogens with zero attached hydrogens (tertiary/aromatic N) is 1. The van der Waals surface area contributed by atoms with Gasteiger partial charge in [0.05, 0.1) is 12.5 Å². The van der Waals surface area contributed by atoms with Crippen LogP contribution in [0.25, 0.3) is 0 Å². The summed E-state index contributed by atoms with van der Waals surface area (Å²) in [6.45, 7) is 3.63. The fraction of sp³-hybridized carbons (Fsp3) is 0.737. The molecule has 4 amide bonds. The van der Waals surface area contributed by atoms with E-state index >= 15 is 0 Å². The minimum atomic E-state index is -1.33. The van der Waals surface area contributed by atoms with Crippen molar-refractivity contribution in [3.63, 3.8) is 0 Å². The van der Waals surface area contributed by atoms with Gasteiger partial charge in [-0.15, -0.1) is 0 Å². The minimum absolute atomic E-state index is 0.204. The van der Waals surface area contributed by atoms with Crippen LogP contribution in [-0.2, 0) is 24.0 Å². The Kier molecular flexibility index (Phi) is 10.8. The maximum absolute atomic E-state index is 12.9. The Morgan fingerprint density at radius 3 is 2.32 bits per heavy atom. The third-order valence-electron chi connectivity index (χ3n) is 5.06. The number of amides is 4. The molecule has 1 aliphatic heterocycles. The third-order valence-corrected chi connectivity index (χ3v) is 5.70. The smallest absolute Gasteiger partial charge is 0.326 e. The van der Waals surface area contributed by atoms with E-state index in [9.17, 15) is 29.1 Å². The van der Waals surface area contributed by atoms with Gasteiger partial charge in [-0.2, -0.15) is 11.8 Å². The van der Waals surface area contributed by atoms with Crippen molar-refractivity contribution in [2.75, 3.05) is 18.6 Å². The van der Waals surface area contributed by atoms with E-state index in [0.717, 1.165) is 4.90 Å². The average molecular weight is 460 g/mol. The fourth-order valence-corrected chi connectivity index (χ4v) is 3.81. The van der Waals surface area contributed by atoms with Crippen LogP contribution in [0.15, 0.2) is 0 Å². The van der Waals surface area contributed by atoms with E-state index in [1.54, 1.807) is 25.6 Å². The van der Waals surface area contributed by atoms with Crippen LogP contribution in [0.2, 0.25) is 0 Å². The Bertz CT molecular complexity index is 689. The predicted molar refractivity (Wildman–Crippen MR) is 116 cm³/mol. The number of primary amides is 1. The number of nitrogens with one attached hydrogen (secondary N) is 2. The summed E-state index contributed by atoms with van der Waals surface area (Å²) in [5, 5.41) is 14.4. The van der Waals surface area contributed by atoms with Crippen LogP contribution in [0.5, 0.6) is 0 Å². The van der Waals surface area contributed by atoms with Gasteiger partial charge < -0.3 is 32.1 Å². The Morgan fingerprint density at radius 1 is 1.16 bits per heavy atom. The first-order valence-electron chi connectivity index (χ1n) is 10.2. The number of carboxylic acids is 1. The number of carboxylic acid groups (broad SMARTS) is 1. The van der Waals surface area contributed by atoms with E-state index in [-0.39, 0.29) is 18.9 Å². The third kappa shape index (κ3) is 8.02. The highest BCUT2D eigenvalue weighted by atomic mass is 32.2. The molecule has 4 unspecified atom stereocenters. The molecule has 0 saturated carbocycles. The van der Waals surface area contributed by atoms with E-state index in [2.05, 4.69) is 10.6 Å². The molecular weight excluding hydrogens is 426 g/mol. The van der Waals surface area contributed by atoms with Gasteiger partial charge in [0.1, 0.15) is 18.1 Å². The number of nitrogens with two attached hydrogens (primary N) is 2. The van der Waals surface area contributed by atoms with E-state index in [4.69, 9.17) is 11.5 Å². The predicted octanol–water partition coefficient (Wildman–Crippen LogP) is -1.36. The zero-order valence-electron chi connectivity index (χ0n) is 18.1. The van der Waals surface area contributed by atoms with Crippen molar-refractivity contribution in [2.24, 2.45) is 17.4 Å². The summed E-state index contributed by atoms with van der Waals surface area (Å²) in [7, 11) is 0. The summed E-state index contributed by atoms with van der Waals surface area (Å²) in [4.78, 5) is 62.2. The van der Waals surface area contributed by atoms with Crippen molar-refractivity contribution in [3.05, 3.63) is 0 Å². The molecule has 4 atom stereocenters. The summed E-state index contributed by atoms with van der Waals surface area (Å²) in [6, 6.07) is -4.13. The molecule has 7 N–H and O–H groups in total. The monoisotopic (exact) mass is 459 g/mol. The number of rotatable bonds is 12. The second-order valence-electron chi connectivity index (χ2n) is 7.88. The van der Waals surface area contributed by atoms with E-state index in [0.29, 0.717) is 18.6 Å². The molecule has 12 heteroatoms. The molecule has 0 spiro atoms. The van der Waals surface area contributed by atoms with Gasteiger partial charge in [0.15, 0.2) is 0 Å². The molecule has 176 valence electrons. The highest BCUT2D eigenvalue weighted by Crippen LogP contribution is 2.19. The summed E-state index contributed by atoms with van der Waals surface area (Å²) < 4.78 is 0. The lowest BCUT2D eigenvalue weighted by Gasteiger charge is -2.29. The lowest BCUT2D eigenvalue weighted by molar-refractivity contribution is -0.149. The van der Waals surface area contributed by atoms with Crippen molar-refractivity contribution >= 4 is 41.4 Å². The number of aliphatic carboxylic acids is 1. The Labute approximate surface area is 186 Å². The van der Waals surface area contributed by atoms with Gasteiger partial charge in [0.2, 0.25) is 23.6 Å². The lowest BCUT2D eigenvalue weighted by atomic mass is 10.0. The Balaban J connectivity index is 2.94. The number of likely N-dealkylation sites (tertiary alicyclic amines) is 1. The van der Waals surface area contributed by atoms with Crippen molar-refractivity contribution in [3.8, 4) is 0 Å². The quantitative estimate of drug-likeness (QED) is 0.237. The second kappa shape index (κ2) is 12.5. The summed E-state index contributed by atoms with van der Waals surface area (Å²) in [5.41, 5.74) is 11.1. The molecule has 1 fully saturated rings. The maximum atomic E-state index is 12.9. The van der Waals surface area contributed by atoms with Gasteiger partial charge >= 0.3 is 5.97 Å². The van der Waals surface area contributed by atoms with Gasteiger partial charge in [0.25, 0.3) is 0 Å². The van der Waals surface area contributed by atoms with E-state index in [1.165, 1.54) is 0 Å². The van der Waals surface area contributed by atoms with Crippen LogP contribution < -0.4 is 22.1 Å². The van der Waals surface area contributed by atoms with Gasteiger partial charge in [-0.05, 0) is 37.2 Å². The molecule has 0 aromatic rings. The largest absolute Gasteiger partial charge is 0.480 e. The summed E-state index contributed by atoms with van der Waals surface area (Å²) >= 11 is 1.54. The summed E-state index contributed by atoms with van der Waals surface area (Å²) in [6.07, 6.45) is 2.63. The molecule has 11 nitrogen and oxygen atoms in total. The van der Waals surface area contributed by atoms with Crippen molar-refractivity contribution < 1.29 is 29.1 Å². The second-order valence-corrected chi connectivity index (χ2v) is 8.86. The number of carbonyl (C=O) groups excluding carboxylic acids is 4. The Hall–Kier alpha value is -2.34. The number of hydrogen-bond donors (Lipinski definition) is 5. The molecule has 0 aromatic heterocycles. The molecule has 0 aliphatic carbocycles. The highest BCUT2D eigenvalue weighted by molar-refractivity contribution is 7.98. The molecule has 0 bridgehead atoms. The van der Waals surface area contributed by atoms with Crippen molar-refractivity contribution in [1.29, 1.82) is 0 Å². The van der Waals surface area contributed by atoms with Crippen LogP contribution in [-0.4, -0.2) is 82.3 Å². The standard InChI is InChI=1S/C19H33N5O6S/c1-10(2)15(23-16(26)11(20)6-8-31-3)17(27)22-12(9-14(21)25)18(28)24-7-4-5-13(24)19(29)30/h10-13,15H,4-9,20H2,1-3H3,(H2,21,25)(H,22,27)(H,23,26)(H,29,30). The Morgan fingerprint density at radius 2 is 1.81 bits per heavy atom. The molecule has 1 aliphatic rings.